The first-order chi connectivity index (χ1) is 11.0. The van der Waals surface area contributed by atoms with Crippen molar-refractivity contribution in [1.29, 1.82) is 0 Å². The summed E-state index contributed by atoms with van der Waals surface area (Å²) in [6, 6.07) is 6.43. The first-order valence-corrected chi connectivity index (χ1v) is 8.02. The zero-order valence-corrected chi connectivity index (χ0v) is 14.3. The Balaban J connectivity index is 1.79. The van der Waals surface area contributed by atoms with Crippen LogP contribution in [0.5, 0.6) is 0 Å². The SMILES string of the molecule is Cc1cccc(C2=CCN(C(=O)c3cnn(C)c3C)CC2)c1C. The number of benzene rings is 1. The van der Waals surface area contributed by atoms with Crippen molar-refractivity contribution in [1.82, 2.24) is 14.7 Å². The maximum absolute atomic E-state index is 12.6. The summed E-state index contributed by atoms with van der Waals surface area (Å²) in [5.74, 6) is 0.0758. The van der Waals surface area contributed by atoms with Crippen molar-refractivity contribution in [2.75, 3.05) is 13.1 Å². The molecule has 3 rings (SSSR count). The Kier molecular flexibility index (Phi) is 4.07. The van der Waals surface area contributed by atoms with Gasteiger partial charge in [-0.15, -0.1) is 0 Å². The number of nitrogens with zero attached hydrogens (tertiary/aromatic N) is 3. The summed E-state index contributed by atoms with van der Waals surface area (Å²) in [4.78, 5) is 14.5. The fraction of sp³-hybridized carbons (Fsp3) is 0.368. The van der Waals surface area contributed by atoms with Crippen LogP contribution in [0, 0.1) is 20.8 Å². The molecule has 0 saturated heterocycles. The van der Waals surface area contributed by atoms with Gasteiger partial charge in [-0.1, -0.05) is 24.3 Å². The van der Waals surface area contributed by atoms with Gasteiger partial charge in [0.1, 0.15) is 0 Å². The molecule has 0 atom stereocenters. The molecule has 0 unspecified atom stereocenters. The van der Waals surface area contributed by atoms with Crippen LogP contribution >= 0.6 is 0 Å². The lowest BCUT2D eigenvalue weighted by Crippen LogP contribution is -2.35. The third kappa shape index (κ3) is 2.81. The van der Waals surface area contributed by atoms with Gasteiger partial charge in [0.25, 0.3) is 5.91 Å². The van der Waals surface area contributed by atoms with E-state index in [0.29, 0.717) is 12.1 Å². The van der Waals surface area contributed by atoms with E-state index in [1.807, 2.05) is 18.9 Å². The summed E-state index contributed by atoms with van der Waals surface area (Å²) >= 11 is 0. The zero-order valence-electron chi connectivity index (χ0n) is 14.3. The lowest BCUT2D eigenvalue weighted by atomic mass is 9.93. The second-order valence-corrected chi connectivity index (χ2v) is 6.25. The maximum atomic E-state index is 12.6. The molecule has 0 N–H and O–H groups in total. The molecule has 0 fully saturated rings. The van der Waals surface area contributed by atoms with Gasteiger partial charge in [0.2, 0.25) is 0 Å². The van der Waals surface area contributed by atoms with Crippen molar-refractivity contribution in [3.63, 3.8) is 0 Å². The second-order valence-electron chi connectivity index (χ2n) is 6.25. The van der Waals surface area contributed by atoms with Gasteiger partial charge in [-0.3, -0.25) is 9.48 Å². The van der Waals surface area contributed by atoms with Crippen LogP contribution in [0.3, 0.4) is 0 Å². The van der Waals surface area contributed by atoms with Crippen LogP contribution in [0.15, 0.2) is 30.5 Å². The molecule has 23 heavy (non-hydrogen) atoms. The molecule has 4 nitrogen and oxygen atoms in total. The van der Waals surface area contributed by atoms with E-state index in [1.54, 1.807) is 10.9 Å². The Morgan fingerprint density at radius 3 is 2.61 bits per heavy atom. The summed E-state index contributed by atoms with van der Waals surface area (Å²) in [5.41, 5.74) is 6.93. The van der Waals surface area contributed by atoms with Crippen LogP contribution < -0.4 is 0 Å². The molecule has 0 saturated carbocycles. The van der Waals surface area contributed by atoms with E-state index in [2.05, 4.69) is 43.2 Å². The maximum Gasteiger partial charge on any atom is 0.257 e. The number of aryl methyl sites for hydroxylation is 2. The standard InChI is InChI=1S/C19H23N3O/c1-13-6-5-7-17(14(13)2)16-8-10-22(11-9-16)19(23)18-12-20-21(4)15(18)3/h5-8,12H,9-11H2,1-4H3. The van der Waals surface area contributed by atoms with Crippen molar-refractivity contribution in [3.8, 4) is 0 Å². The minimum absolute atomic E-state index is 0.0758. The highest BCUT2D eigenvalue weighted by Gasteiger charge is 2.22. The number of carbonyl (C=O) groups is 1. The Hall–Kier alpha value is -2.36. The Morgan fingerprint density at radius 1 is 1.22 bits per heavy atom. The largest absolute Gasteiger partial charge is 0.334 e. The lowest BCUT2D eigenvalue weighted by Gasteiger charge is -2.27. The predicted octanol–water partition coefficient (Wildman–Crippen LogP) is 3.27. The van der Waals surface area contributed by atoms with Crippen LogP contribution in [0.25, 0.3) is 5.57 Å². The fourth-order valence-electron chi connectivity index (χ4n) is 3.08. The highest BCUT2D eigenvalue weighted by Crippen LogP contribution is 2.27. The molecular weight excluding hydrogens is 286 g/mol. The zero-order chi connectivity index (χ0) is 16.6. The molecule has 1 aromatic carbocycles. The van der Waals surface area contributed by atoms with Crippen molar-refractivity contribution in [2.45, 2.75) is 27.2 Å². The molecule has 1 aromatic heterocycles. The quantitative estimate of drug-likeness (QED) is 0.854. The highest BCUT2D eigenvalue weighted by molar-refractivity contribution is 5.95. The number of carbonyl (C=O) groups excluding carboxylic acids is 1. The van der Waals surface area contributed by atoms with E-state index in [9.17, 15) is 4.79 Å². The topological polar surface area (TPSA) is 38.1 Å². The Morgan fingerprint density at radius 2 is 2.00 bits per heavy atom. The molecule has 2 aromatic rings. The van der Waals surface area contributed by atoms with Gasteiger partial charge in [-0.25, -0.2) is 0 Å². The molecule has 1 aliphatic heterocycles. The Bertz CT molecular complexity index is 786. The second kappa shape index (κ2) is 6.03. The van der Waals surface area contributed by atoms with E-state index in [1.165, 1.54) is 22.3 Å². The summed E-state index contributed by atoms with van der Waals surface area (Å²) in [7, 11) is 1.86. The van der Waals surface area contributed by atoms with Crippen molar-refractivity contribution in [2.24, 2.45) is 7.05 Å². The molecular formula is C19H23N3O. The minimum atomic E-state index is 0.0758. The van der Waals surface area contributed by atoms with Gasteiger partial charge in [0, 0.05) is 25.8 Å². The number of hydrogen-bond acceptors (Lipinski definition) is 2. The Labute approximate surface area is 137 Å². The van der Waals surface area contributed by atoms with Gasteiger partial charge in [-0.05, 0) is 49.5 Å². The number of amides is 1. The molecule has 4 heteroatoms. The van der Waals surface area contributed by atoms with Gasteiger partial charge < -0.3 is 4.90 Å². The third-order valence-electron chi connectivity index (χ3n) is 4.91. The first kappa shape index (κ1) is 15.5. The van der Waals surface area contributed by atoms with Crippen molar-refractivity contribution < 1.29 is 4.79 Å². The van der Waals surface area contributed by atoms with Crippen molar-refractivity contribution >= 4 is 11.5 Å². The summed E-state index contributed by atoms with van der Waals surface area (Å²) in [5, 5.41) is 4.17. The number of rotatable bonds is 2. The molecule has 0 aliphatic carbocycles. The van der Waals surface area contributed by atoms with Gasteiger partial charge in [0.05, 0.1) is 11.8 Å². The summed E-state index contributed by atoms with van der Waals surface area (Å²) < 4.78 is 1.74. The first-order valence-electron chi connectivity index (χ1n) is 8.02. The smallest absolute Gasteiger partial charge is 0.257 e. The van der Waals surface area contributed by atoms with Crippen LogP contribution in [0.4, 0.5) is 0 Å². The summed E-state index contributed by atoms with van der Waals surface area (Å²) in [6.07, 6.45) is 4.76. The fourth-order valence-corrected chi connectivity index (χ4v) is 3.08. The van der Waals surface area contributed by atoms with E-state index < -0.39 is 0 Å². The van der Waals surface area contributed by atoms with Crippen LogP contribution in [0.2, 0.25) is 0 Å². The molecule has 120 valence electrons. The molecule has 0 radical (unpaired) electrons. The monoisotopic (exact) mass is 309 g/mol. The molecule has 0 spiro atoms. The average molecular weight is 309 g/mol. The highest BCUT2D eigenvalue weighted by atomic mass is 16.2. The molecule has 0 bridgehead atoms. The van der Waals surface area contributed by atoms with Crippen molar-refractivity contribution in [3.05, 3.63) is 58.4 Å². The third-order valence-corrected chi connectivity index (χ3v) is 4.91. The minimum Gasteiger partial charge on any atom is -0.334 e. The molecule has 1 amide bonds. The van der Waals surface area contributed by atoms with Gasteiger partial charge in [0.15, 0.2) is 0 Å². The number of aromatic nitrogens is 2. The van der Waals surface area contributed by atoms with Crippen LogP contribution in [-0.4, -0.2) is 33.7 Å². The van der Waals surface area contributed by atoms with Crippen LogP contribution in [0.1, 0.15) is 39.2 Å². The molecule has 1 aliphatic rings. The lowest BCUT2D eigenvalue weighted by molar-refractivity contribution is 0.0772. The molecule has 2 heterocycles. The van der Waals surface area contributed by atoms with Gasteiger partial charge in [-0.2, -0.15) is 5.10 Å². The predicted molar refractivity (Wildman–Crippen MR) is 92.4 cm³/mol. The average Bonchev–Trinajstić information content (AvgIpc) is 2.89. The van der Waals surface area contributed by atoms with E-state index in [-0.39, 0.29) is 5.91 Å². The van der Waals surface area contributed by atoms with Crippen LogP contribution in [-0.2, 0) is 7.05 Å². The van der Waals surface area contributed by atoms with E-state index in [4.69, 9.17) is 0 Å². The van der Waals surface area contributed by atoms with E-state index >= 15 is 0 Å². The van der Waals surface area contributed by atoms with E-state index in [0.717, 1.165) is 18.7 Å². The van der Waals surface area contributed by atoms with Gasteiger partial charge >= 0.3 is 0 Å². The summed E-state index contributed by atoms with van der Waals surface area (Å²) in [6.45, 7) is 7.66. The number of hydrogen-bond donors (Lipinski definition) is 0. The normalized spacial score (nSPS) is 14.8.